The van der Waals surface area contributed by atoms with Gasteiger partial charge in [-0.05, 0) is 45.9 Å². The van der Waals surface area contributed by atoms with Crippen LogP contribution in [-0.2, 0) is 31.2 Å². The number of hydrogen-bond donors (Lipinski definition) is 0. The molecule has 0 saturated heterocycles. The fourth-order valence-corrected chi connectivity index (χ4v) is 4.92. The van der Waals surface area contributed by atoms with E-state index in [-0.39, 0.29) is 39.5 Å². The molecule has 0 aliphatic heterocycles. The molecule has 292 valence electrons. The lowest BCUT2D eigenvalue weighted by molar-refractivity contribution is -0.530. The fourth-order valence-electron chi connectivity index (χ4n) is 4.92. The van der Waals surface area contributed by atoms with Crippen LogP contribution in [0.1, 0.15) is 179 Å². The molecule has 0 radical (unpaired) electrons. The number of ether oxygens (including phenoxy) is 2. The first kappa shape index (κ1) is 46.3. The molecule has 0 spiro atoms. The number of nitrogens with zero attached hydrogens (tertiary/aromatic N) is 2. The Balaban J connectivity index is 0.000000522. The van der Waals surface area contributed by atoms with Gasteiger partial charge in [-0.2, -0.15) is 0 Å². The zero-order valence-electron chi connectivity index (χ0n) is 36.4. The van der Waals surface area contributed by atoms with Gasteiger partial charge in [0.15, 0.2) is 23.5 Å². The van der Waals surface area contributed by atoms with Crippen LogP contribution >= 0.6 is 0 Å². The fraction of sp³-hybridized carbons (Fsp3) is 0.636. The van der Waals surface area contributed by atoms with E-state index in [1.165, 1.54) is 6.92 Å². The average Bonchev–Trinajstić information content (AvgIpc) is 2.90. The van der Waals surface area contributed by atoms with E-state index in [4.69, 9.17) is 9.47 Å². The molecule has 0 saturated carbocycles. The van der Waals surface area contributed by atoms with Crippen LogP contribution in [0.25, 0.3) is 0 Å². The quantitative estimate of drug-likeness (QED) is 0.0760. The molecule has 0 unspecified atom stereocenters. The van der Waals surface area contributed by atoms with Crippen molar-refractivity contribution in [3.8, 4) is 11.5 Å². The Kier molecular flexibility index (Phi) is 14.4. The third-order valence-electron chi connectivity index (χ3n) is 8.23. The highest BCUT2D eigenvalue weighted by Crippen LogP contribution is 2.42. The molecule has 52 heavy (non-hydrogen) atoms. The summed E-state index contributed by atoms with van der Waals surface area (Å²) in [5, 5.41) is 24.9. The minimum atomic E-state index is -0.521. The summed E-state index contributed by atoms with van der Waals surface area (Å²) in [6, 6.07) is 7.83. The SMILES string of the molecule is CC(=O)Oc1c(C(C)(C)C)cc(C=[N+]([O-])C(C)(C)C)cc1C(C)(C)C.CC(C)C(=O)Oc1c(C(C)(C)C)cc(C=[N+]([O-])C(C)(C)C)cc1C(C)(C)C. The van der Waals surface area contributed by atoms with E-state index in [0.29, 0.717) is 11.5 Å². The Labute approximate surface area is 315 Å². The molecule has 0 atom stereocenters. The van der Waals surface area contributed by atoms with E-state index >= 15 is 0 Å². The summed E-state index contributed by atoms with van der Waals surface area (Å²) >= 11 is 0. The molecule has 2 rings (SSSR count). The van der Waals surface area contributed by atoms with Crippen molar-refractivity contribution in [3.05, 3.63) is 68.1 Å². The summed E-state index contributed by atoms with van der Waals surface area (Å²) in [6.07, 6.45) is 3.24. The van der Waals surface area contributed by atoms with Crippen molar-refractivity contribution in [2.45, 2.75) is 178 Å². The number of rotatable bonds is 5. The highest BCUT2D eigenvalue weighted by molar-refractivity contribution is 5.81. The first-order chi connectivity index (χ1) is 23.0. The van der Waals surface area contributed by atoms with E-state index in [1.54, 1.807) is 12.4 Å². The number of carbonyl (C=O) groups is 2. The number of carbonyl (C=O) groups excluding carboxylic acids is 2. The van der Waals surface area contributed by atoms with E-state index in [2.05, 4.69) is 83.1 Å². The van der Waals surface area contributed by atoms with E-state index in [9.17, 15) is 20.0 Å². The summed E-state index contributed by atoms with van der Waals surface area (Å²) in [7, 11) is 0. The highest BCUT2D eigenvalue weighted by atomic mass is 16.5. The van der Waals surface area contributed by atoms with Gasteiger partial charge in [-0.1, -0.05) is 96.9 Å². The van der Waals surface area contributed by atoms with Crippen LogP contribution in [0.15, 0.2) is 24.3 Å². The highest BCUT2D eigenvalue weighted by Gasteiger charge is 2.32. The van der Waals surface area contributed by atoms with Crippen LogP contribution in [0.2, 0.25) is 0 Å². The zero-order chi connectivity index (χ0) is 41.2. The second-order valence-corrected chi connectivity index (χ2v) is 20.3. The van der Waals surface area contributed by atoms with E-state index in [0.717, 1.165) is 42.9 Å². The Hall–Kier alpha value is -3.68. The standard InChI is InChI=1S/C23H37NO3.C21H33NO3/c1-15(2)20(25)27-19-17(21(3,4)5)12-16(13-18(19)22(6,7)8)14-24(26)23(9,10)11;1-14(23)25-18-16(19(2,3)4)11-15(12-17(18)20(5,6)7)13-22(24)21(8,9)10/h12-15H,1-11H3;11-13H,1-10H3. The summed E-state index contributed by atoms with van der Waals surface area (Å²) in [6.45, 7) is 41.3. The molecule has 0 aromatic heterocycles. The van der Waals surface area contributed by atoms with Crippen LogP contribution in [0, 0.1) is 16.3 Å². The normalized spacial score (nSPS) is 13.8. The average molecular weight is 723 g/mol. The molecular formula is C44H70N2O6. The molecule has 8 heteroatoms. The number of hydrogen-bond acceptors (Lipinski definition) is 6. The van der Waals surface area contributed by atoms with E-state index in [1.807, 2.05) is 79.7 Å². The minimum Gasteiger partial charge on any atom is -0.623 e. The molecule has 0 aliphatic carbocycles. The van der Waals surface area contributed by atoms with Crippen LogP contribution in [0.3, 0.4) is 0 Å². The number of esters is 2. The zero-order valence-corrected chi connectivity index (χ0v) is 36.4. The van der Waals surface area contributed by atoms with Gasteiger partial charge in [-0.15, -0.1) is 0 Å². The molecule has 2 aromatic rings. The Bertz CT molecular complexity index is 1580. The molecule has 0 amide bonds. The summed E-state index contributed by atoms with van der Waals surface area (Å²) in [5.74, 6) is 0.433. The van der Waals surface area contributed by atoms with Gasteiger partial charge in [0, 0.05) is 81.8 Å². The van der Waals surface area contributed by atoms with Gasteiger partial charge >= 0.3 is 11.9 Å². The van der Waals surface area contributed by atoms with Gasteiger partial charge < -0.3 is 19.9 Å². The topological polar surface area (TPSA) is 105 Å². The van der Waals surface area contributed by atoms with Crippen molar-refractivity contribution in [1.29, 1.82) is 0 Å². The monoisotopic (exact) mass is 723 g/mol. The lowest BCUT2D eigenvalue weighted by atomic mass is 9.78. The summed E-state index contributed by atoms with van der Waals surface area (Å²) in [5.41, 5.74) is 3.34. The smallest absolute Gasteiger partial charge is 0.313 e. The second kappa shape index (κ2) is 16.1. The van der Waals surface area contributed by atoms with Crippen LogP contribution in [0.5, 0.6) is 11.5 Å². The molecule has 0 aliphatic rings. The van der Waals surface area contributed by atoms with Crippen molar-refractivity contribution < 1.29 is 28.5 Å². The third kappa shape index (κ3) is 13.4. The van der Waals surface area contributed by atoms with Gasteiger partial charge in [-0.3, -0.25) is 9.59 Å². The van der Waals surface area contributed by atoms with Gasteiger partial charge in [0.05, 0.1) is 5.92 Å². The Morgan fingerprint density at radius 2 is 0.788 bits per heavy atom. The maximum atomic E-state index is 12.5. The molecular weight excluding hydrogens is 652 g/mol. The summed E-state index contributed by atoms with van der Waals surface area (Å²) in [4.78, 5) is 24.1. The lowest BCUT2D eigenvalue weighted by Crippen LogP contribution is -2.30. The first-order valence-corrected chi connectivity index (χ1v) is 18.4. The maximum Gasteiger partial charge on any atom is 0.313 e. The first-order valence-electron chi connectivity index (χ1n) is 18.4. The Morgan fingerprint density at radius 1 is 0.538 bits per heavy atom. The third-order valence-corrected chi connectivity index (χ3v) is 8.23. The van der Waals surface area contributed by atoms with Crippen LogP contribution < -0.4 is 9.47 Å². The van der Waals surface area contributed by atoms with E-state index < -0.39 is 11.1 Å². The van der Waals surface area contributed by atoms with Gasteiger partial charge in [0.2, 0.25) is 0 Å². The molecule has 0 N–H and O–H groups in total. The molecule has 2 aromatic carbocycles. The largest absolute Gasteiger partial charge is 0.623 e. The minimum absolute atomic E-state index is 0.213. The predicted molar refractivity (Wildman–Crippen MR) is 217 cm³/mol. The Morgan fingerprint density at radius 3 is 0.981 bits per heavy atom. The number of benzene rings is 2. The van der Waals surface area contributed by atoms with Crippen molar-refractivity contribution in [1.82, 2.24) is 0 Å². The van der Waals surface area contributed by atoms with Crippen molar-refractivity contribution >= 4 is 24.4 Å². The van der Waals surface area contributed by atoms with Crippen molar-refractivity contribution in [2.24, 2.45) is 5.92 Å². The second-order valence-electron chi connectivity index (χ2n) is 20.3. The number of hydroxylamine groups is 2. The maximum absolute atomic E-state index is 12.5. The van der Waals surface area contributed by atoms with Gasteiger partial charge in [-0.25, -0.2) is 9.48 Å². The van der Waals surface area contributed by atoms with Crippen molar-refractivity contribution in [3.63, 3.8) is 0 Å². The summed E-state index contributed by atoms with van der Waals surface area (Å²) < 4.78 is 13.4. The molecule has 0 heterocycles. The van der Waals surface area contributed by atoms with Gasteiger partial charge in [0.25, 0.3) is 0 Å². The van der Waals surface area contributed by atoms with Crippen LogP contribution in [0.4, 0.5) is 0 Å². The molecule has 8 nitrogen and oxygen atoms in total. The van der Waals surface area contributed by atoms with Crippen LogP contribution in [-0.4, -0.2) is 44.9 Å². The van der Waals surface area contributed by atoms with Gasteiger partial charge in [0.1, 0.15) is 11.5 Å². The lowest BCUT2D eigenvalue weighted by Gasteiger charge is -2.30. The predicted octanol–water partition coefficient (Wildman–Crippen LogP) is 10.5. The van der Waals surface area contributed by atoms with Crippen molar-refractivity contribution in [2.75, 3.05) is 0 Å². The molecule has 0 fully saturated rings. The molecule has 0 bridgehead atoms.